The molecule has 0 aromatic heterocycles. The molecule has 0 bridgehead atoms. The van der Waals surface area contributed by atoms with Crippen LogP contribution in [-0.2, 0) is 14.3 Å². The fraction of sp³-hybridized carbons (Fsp3) is 0.417. The fourth-order valence-corrected chi connectivity index (χ4v) is 3.51. The molecule has 2 aromatic carbocycles. The molecule has 7 nitrogen and oxygen atoms in total. The zero-order chi connectivity index (χ0) is 23.1. The number of likely N-dealkylation sites (N-methyl/N-ethyl adjacent to an activating group) is 1. The zero-order valence-corrected chi connectivity index (χ0v) is 18.8. The largest absolute Gasteiger partial charge is 0.378 e. The van der Waals surface area contributed by atoms with Crippen molar-refractivity contribution >= 4 is 23.2 Å². The number of halogens is 1. The zero-order valence-electron chi connectivity index (χ0n) is 18.8. The summed E-state index contributed by atoms with van der Waals surface area (Å²) in [6.07, 6.45) is 0. The summed E-state index contributed by atoms with van der Waals surface area (Å²) in [5.41, 5.74) is 2.62. The molecule has 2 amide bonds. The third-order valence-electron chi connectivity index (χ3n) is 5.69. The number of nitrogens with zero attached hydrogens (tertiary/aromatic N) is 2. The molecule has 0 saturated carbocycles. The number of hydrogen-bond donors (Lipinski definition) is 2. The van der Waals surface area contributed by atoms with Crippen molar-refractivity contribution in [2.45, 2.75) is 25.9 Å². The quantitative estimate of drug-likeness (QED) is 0.658. The minimum absolute atomic E-state index is 0.0741. The van der Waals surface area contributed by atoms with Crippen molar-refractivity contribution in [3.63, 3.8) is 0 Å². The van der Waals surface area contributed by atoms with Gasteiger partial charge in [0, 0.05) is 24.5 Å². The summed E-state index contributed by atoms with van der Waals surface area (Å²) in [6.45, 7) is 6.82. The third kappa shape index (κ3) is 6.51. The van der Waals surface area contributed by atoms with Gasteiger partial charge in [0.1, 0.15) is 5.82 Å². The van der Waals surface area contributed by atoms with Gasteiger partial charge in [-0.2, -0.15) is 0 Å². The summed E-state index contributed by atoms with van der Waals surface area (Å²) in [7, 11) is 1.73. The number of anilines is 2. The van der Waals surface area contributed by atoms with Gasteiger partial charge in [0.15, 0.2) is 0 Å². The molecule has 1 aliphatic heterocycles. The van der Waals surface area contributed by atoms with Gasteiger partial charge < -0.3 is 20.3 Å². The maximum atomic E-state index is 13.1. The van der Waals surface area contributed by atoms with E-state index in [9.17, 15) is 14.0 Å². The van der Waals surface area contributed by atoms with E-state index in [1.807, 2.05) is 31.2 Å². The Kier molecular flexibility index (Phi) is 8.19. The van der Waals surface area contributed by atoms with Gasteiger partial charge in [-0.15, -0.1) is 0 Å². The molecular formula is C24H31FN4O3. The highest BCUT2D eigenvalue weighted by molar-refractivity contribution is 5.93. The first-order chi connectivity index (χ1) is 15.3. The Morgan fingerprint density at radius 1 is 1.06 bits per heavy atom. The van der Waals surface area contributed by atoms with E-state index < -0.39 is 6.04 Å². The van der Waals surface area contributed by atoms with Crippen molar-refractivity contribution in [1.82, 2.24) is 10.2 Å². The third-order valence-corrected chi connectivity index (χ3v) is 5.69. The van der Waals surface area contributed by atoms with Crippen LogP contribution in [0.1, 0.15) is 25.5 Å². The van der Waals surface area contributed by atoms with Crippen molar-refractivity contribution in [1.29, 1.82) is 0 Å². The van der Waals surface area contributed by atoms with Crippen molar-refractivity contribution in [2.75, 3.05) is 50.1 Å². The average molecular weight is 443 g/mol. The molecule has 172 valence electrons. The van der Waals surface area contributed by atoms with Crippen molar-refractivity contribution in [3.05, 3.63) is 59.9 Å². The summed E-state index contributed by atoms with van der Waals surface area (Å²) in [5, 5.41) is 5.79. The molecule has 0 radical (unpaired) electrons. The van der Waals surface area contributed by atoms with E-state index in [2.05, 4.69) is 15.5 Å². The van der Waals surface area contributed by atoms with Gasteiger partial charge in [-0.25, -0.2) is 4.39 Å². The standard InChI is InChI=1S/C24H31FN4O3/c1-17(19-4-6-20(25)7-5-19)26-24(31)18(2)28(3)16-23(30)27-21-8-10-22(11-9-21)29-12-14-32-15-13-29/h4-11,17-18H,12-16H2,1-3H3,(H,26,31)(H,27,30). The first-order valence-corrected chi connectivity index (χ1v) is 10.8. The van der Waals surface area contributed by atoms with Gasteiger partial charge in [-0.1, -0.05) is 12.1 Å². The highest BCUT2D eigenvalue weighted by Gasteiger charge is 2.22. The lowest BCUT2D eigenvalue weighted by Gasteiger charge is -2.29. The second-order valence-corrected chi connectivity index (χ2v) is 8.07. The summed E-state index contributed by atoms with van der Waals surface area (Å²) >= 11 is 0. The van der Waals surface area contributed by atoms with E-state index >= 15 is 0 Å². The number of benzene rings is 2. The first-order valence-electron chi connectivity index (χ1n) is 10.8. The lowest BCUT2D eigenvalue weighted by Crippen LogP contribution is -2.46. The Hall–Kier alpha value is -2.97. The van der Waals surface area contributed by atoms with E-state index in [1.54, 1.807) is 31.0 Å². The Balaban J connectivity index is 1.47. The van der Waals surface area contributed by atoms with Crippen LogP contribution in [0.3, 0.4) is 0 Å². The van der Waals surface area contributed by atoms with Gasteiger partial charge in [-0.3, -0.25) is 14.5 Å². The molecule has 8 heteroatoms. The molecule has 32 heavy (non-hydrogen) atoms. The van der Waals surface area contributed by atoms with Crippen molar-refractivity contribution in [2.24, 2.45) is 0 Å². The monoisotopic (exact) mass is 442 g/mol. The van der Waals surface area contributed by atoms with Crippen LogP contribution in [0.4, 0.5) is 15.8 Å². The van der Waals surface area contributed by atoms with E-state index in [0.717, 1.165) is 37.6 Å². The lowest BCUT2D eigenvalue weighted by molar-refractivity contribution is -0.127. The van der Waals surface area contributed by atoms with E-state index in [1.165, 1.54) is 12.1 Å². The van der Waals surface area contributed by atoms with E-state index in [-0.39, 0.29) is 30.2 Å². The number of carbonyl (C=O) groups excluding carboxylic acids is 2. The molecular weight excluding hydrogens is 411 g/mol. The molecule has 2 aromatic rings. The normalized spacial score (nSPS) is 15.8. The molecule has 2 atom stereocenters. The smallest absolute Gasteiger partial charge is 0.238 e. The molecule has 0 aliphatic carbocycles. The molecule has 2 N–H and O–H groups in total. The number of ether oxygens (including phenoxy) is 1. The SMILES string of the molecule is CC(NC(=O)C(C)N(C)CC(=O)Nc1ccc(N2CCOCC2)cc1)c1ccc(F)cc1. The van der Waals surface area contributed by atoms with Crippen LogP contribution in [0.15, 0.2) is 48.5 Å². The molecule has 1 aliphatic rings. The molecule has 1 heterocycles. The minimum Gasteiger partial charge on any atom is -0.378 e. The predicted octanol–water partition coefficient (Wildman–Crippen LogP) is 2.80. The topological polar surface area (TPSA) is 73.9 Å². The van der Waals surface area contributed by atoms with Crippen LogP contribution in [0.25, 0.3) is 0 Å². The van der Waals surface area contributed by atoms with Crippen LogP contribution in [0, 0.1) is 5.82 Å². The van der Waals surface area contributed by atoms with Gasteiger partial charge in [-0.05, 0) is 62.9 Å². The Morgan fingerprint density at radius 2 is 1.69 bits per heavy atom. The number of morpholine rings is 1. The summed E-state index contributed by atoms with van der Waals surface area (Å²) in [5.74, 6) is -0.716. The van der Waals surface area contributed by atoms with Gasteiger partial charge in [0.2, 0.25) is 11.8 Å². The summed E-state index contributed by atoms with van der Waals surface area (Å²) < 4.78 is 18.5. The Bertz CT molecular complexity index is 898. The van der Waals surface area contributed by atoms with Crippen LogP contribution >= 0.6 is 0 Å². The maximum absolute atomic E-state index is 13.1. The fourth-order valence-electron chi connectivity index (χ4n) is 3.51. The molecule has 1 saturated heterocycles. The van der Waals surface area contributed by atoms with Crippen LogP contribution < -0.4 is 15.5 Å². The van der Waals surface area contributed by atoms with Gasteiger partial charge in [0.05, 0.1) is 31.8 Å². The number of rotatable bonds is 8. The Labute approximate surface area is 188 Å². The van der Waals surface area contributed by atoms with Crippen molar-refractivity contribution in [3.8, 4) is 0 Å². The van der Waals surface area contributed by atoms with Gasteiger partial charge >= 0.3 is 0 Å². The van der Waals surface area contributed by atoms with Crippen LogP contribution in [0.5, 0.6) is 0 Å². The van der Waals surface area contributed by atoms with E-state index in [0.29, 0.717) is 5.69 Å². The second-order valence-electron chi connectivity index (χ2n) is 8.07. The van der Waals surface area contributed by atoms with Crippen LogP contribution in [0.2, 0.25) is 0 Å². The molecule has 1 fully saturated rings. The Morgan fingerprint density at radius 3 is 2.31 bits per heavy atom. The predicted molar refractivity (Wildman–Crippen MR) is 123 cm³/mol. The van der Waals surface area contributed by atoms with Crippen LogP contribution in [-0.4, -0.2) is 62.7 Å². The number of carbonyl (C=O) groups is 2. The van der Waals surface area contributed by atoms with E-state index in [4.69, 9.17) is 4.74 Å². The number of nitrogens with one attached hydrogen (secondary N) is 2. The minimum atomic E-state index is -0.507. The average Bonchev–Trinajstić information content (AvgIpc) is 2.79. The number of amides is 2. The highest BCUT2D eigenvalue weighted by atomic mass is 19.1. The molecule has 3 rings (SSSR count). The highest BCUT2D eigenvalue weighted by Crippen LogP contribution is 2.19. The molecule has 0 spiro atoms. The second kappa shape index (κ2) is 11.1. The molecule has 2 unspecified atom stereocenters. The number of hydrogen-bond acceptors (Lipinski definition) is 5. The summed E-state index contributed by atoms with van der Waals surface area (Å²) in [6, 6.07) is 13.0. The van der Waals surface area contributed by atoms with Crippen molar-refractivity contribution < 1.29 is 18.7 Å². The maximum Gasteiger partial charge on any atom is 0.238 e. The lowest BCUT2D eigenvalue weighted by atomic mass is 10.1. The van der Waals surface area contributed by atoms with Gasteiger partial charge in [0.25, 0.3) is 0 Å². The summed E-state index contributed by atoms with van der Waals surface area (Å²) in [4.78, 5) is 29.0. The first kappa shape index (κ1) is 23.7.